The Balaban J connectivity index is 2.22. The molecule has 0 aliphatic rings. The van der Waals surface area contributed by atoms with Crippen molar-refractivity contribution in [3.05, 3.63) is 59.7 Å². The molecular weight excluding hydrogens is 210 g/mol. The second-order valence-electron chi connectivity index (χ2n) is 3.74. The first-order chi connectivity index (χ1) is 8.29. The molecule has 2 nitrogen and oxygen atoms in total. The molecule has 2 N–H and O–H groups in total. The van der Waals surface area contributed by atoms with Gasteiger partial charge in [0.05, 0.1) is 7.11 Å². The van der Waals surface area contributed by atoms with Crippen molar-refractivity contribution in [3.63, 3.8) is 0 Å². The number of para-hydroxylation sites is 1. The van der Waals surface area contributed by atoms with Crippen molar-refractivity contribution in [1.82, 2.24) is 0 Å². The minimum Gasteiger partial charge on any atom is -0.496 e. The average molecular weight is 225 g/mol. The van der Waals surface area contributed by atoms with Gasteiger partial charge in [-0.15, -0.1) is 0 Å². The third-order valence-electron chi connectivity index (χ3n) is 2.53. The molecule has 0 spiro atoms. The fraction of sp³-hybridized carbons (Fsp3) is 0.0667. The van der Waals surface area contributed by atoms with Gasteiger partial charge in [0.2, 0.25) is 0 Å². The molecule has 0 aliphatic carbocycles. The van der Waals surface area contributed by atoms with Gasteiger partial charge >= 0.3 is 0 Å². The minimum absolute atomic E-state index is 0.777. The van der Waals surface area contributed by atoms with E-state index in [1.807, 2.05) is 60.7 Å². The molecule has 17 heavy (non-hydrogen) atoms. The van der Waals surface area contributed by atoms with E-state index in [4.69, 9.17) is 10.5 Å². The summed E-state index contributed by atoms with van der Waals surface area (Å²) in [6.45, 7) is 0. The predicted molar refractivity (Wildman–Crippen MR) is 72.8 cm³/mol. The Bertz CT molecular complexity index is 515. The number of rotatable bonds is 3. The van der Waals surface area contributed by atoms with Gasteiger partial charge in [-0.25, -0.2) is 0 Å². The number of hydrogen-bond donors (Lipinski definition) is 1. The van der Waals surface area contributed by atoms with Crippen LogP contribution in [-0.4, -0.2) is 7.11 Å². The maximum atomic E-state index is 5.64. The molecule has 0 aliphatic heterocycles. The second kappa shape index (κ2) is 5.21. The number of nitrogen functional groups attached to an aromatic ring is 1. The van der Waals surface area contributed by atoms with Crippen molar-refractivity contribution in [2.24, 2.45) is 0 Å². The van der Waals surface area contributed by atoms with E-state index in [1.165, 1.54) is 0 Å². The lowest BCUT2D eigenvalue weighted by molar-refractivity contribution is 0.414. The number of ether oxygens (including phenoxy) is 1. The van der Waals surface area contributed by atoms with E-state index >= 15 is 0 Å². The molecule has 0 unspecified atom stereocenters. The van der Waals surface area contributed by atoms with E-state index in [2.05, 4.69) is 0 Å². The Morgan fingerprint density at radius 3 is 2.35 bits per heavy atom. The fourth-order valence-electron chi connectivity index (χ4n) is 1.60. The van der Waals surface area contributed by atoms with E-state index in [0.29, 0.717) is 0 Å². The SMILES string of the molecule is COc1ccccc1/C=C/c1ccc(N)cc1. The third kappa shape index (κ3) is 2.88. The lowest BCUT2D eigenvalue weighted by Gasteiger charge is -2.03. The fourth-order valence-corrected chi connectivity index (χ4v) is 1.60. The zero-order chi connectivity index (χ0) is 12.1. The lowest BCUT2D eigenvalue weighted by Crippen LogP contribution is -1.85. The summed E-state index contributed by atoms with van der Waals surface area (Å²) in [5.74, 6) is 0.874. The highest BCUT2D eigenvalue weighted by atomic mass is 16.5. The number of hydrogen-bond acceptors (Lipinski definition) is 2. The molecule has 2 aromatic carbocycles. The maximum Gasteiger partial charge on any atom is 0.126 e. The quantitative estimate of drug-likeness (QED) is 0.641. The largest absolute Gasteiger partial charge is 0.496 e. The second-order valence-corrected chi connectivity index (χ2v) is 3.74. The van der Waals surface area contributed by atoms with Gasteiger partial charge in [-0.3, -0.25) is 0 Å². The Hall–Kier alpha value is -2.22. The molecule has 0 bridgehead atoms. The van der Waals surface area contributed by atoms with Crippen LogP contribution in [0, 0.1) is 0 Å². The van der Waals surface area contributed by atoms with Gasteiger partial charge in [-0.1, -0.05) is 42.5 Å². The number of methoxy groups -OCH3 is 1. The maximum absolute atomic E-state index is 5.64. The van der Waals surface area contributed by atoms with Gasteiger partial charge in [0.1, 0.15) is 5.75 Å². The van der Waals surface area contributed by atoms with Crippen LogP contribution in [0.1, 0.15) is 11.1 Å². The minimum atomic E-state index is 0.777. The van der Waals surface area contributed by atoms with Crippen LogP contribution in [-0.2, 0) is 0 Å². The molecule has 2 rings (SSSR count). The van der Waals surface area contributed by atoms with Crippen molar-refractivity contribution in [2.75, 3.05) is 12.8 Å². The van der Waals surface area contributed by atoms with Crippen LogP contribution in [0.4, 0.5) is 5.69 Å². The van der Waals surface area contributed by atoms with E-state index < -0.39 is 0 Å². The Morgan fingerprint density at radius 2 is 1.65 bits per heavy atom. The predicted octanol–water partition coefficient (Wildman–Crippen LogP) is 3.45. The third-order valence-corrected chi connectivity index (χ3v) is 2.53. The first kappa shape index (κ1) is 11.3. The van der Waals surface area contributed by atoms with Crippen molar-refractivity contribution in [2.45, 2.75) is 0 Å². The van der Waals surface area contributed by atoms with Crippen LogP contribution >= 0.6 is 0 Å². The molecule has 0 heterocycles. The van der Waals surface area contributed by atoms with Gasteiger partial charge < -0.3 is 10.5 Å². The van der Waals surface area contributed by atoms with Gasteiger partial charge in [-0.2, -0.15) is 0 Å². The molecule has 0 radical (unpaired) electrons. The molecule has 86 valence electrons. The Kier molecular flexibility index (Phi) is 3.46. The standard InChI is InChI=1S/C15H15NO/c1-17-15-5-3-2-4-13(15)9-6-12-7-10-14(16)11-8-12/h2-11H,16H2,1H3/b9-6+. The first-order valence-electron chi connectivity index (χ1n) is 5.46. The van der Waals surface area contributed by atoms with Crippen LogP contribution in [0.3, 0.4) is 0 Å². The Labute approximate surface area is 101 Å². The Morgan fingerprint density at radius 1 is 0.941 bits per heavy atom. The van der Waals surface area contributed by atoms with Crippen LogP contribution in [0.25, 0.3) is 12.2 Å². The van der Waals surface area contributed by atoms with Crippen LogP contribution < -0.4 is 10.5 Å². The molecule has 2 heteroatoms. The summed E-state index contributed by atoms with van der Waals surface area (Å²) < 4.78 is 5.28. The van der Waals surface area contributed by atoms with E-state index in [1.54, 1.807) is 7.11 Å². The zero-order valence-corrected chi connectivity index (χ0v) is 9.76. The average Bonchev–Trinajstić information content (AvgIpc) is 2.38. The van der Waals surface area contributed by atoms with Crippen molar-refractivity contribution in [1.29, 1.82) is 0 Å². The highest BCUT2D eigenvalue weighted by molar-refractivity contribution is 5.72. The van der Waals surface area contributed by atoms with Gasteiger partial charge in [0, 0.05) is 11.3 Å². The monoisotopic (exact) mass is 225 g/mol. The van der Waals surface area contributed by atoms with Crippen LogP contribution in [0.2, 0.25) is 0 Å². The number of nitrogens with two attached hydrogens (primary N) is 1. The number of benzene rings is 2. The molecule has 0 amide bonds. The lowest BCUT2D eigenvalue weighted by atomic mass is 10.1. The molecular formula is C15H15NO. The van der Waals surface area contributed by atoms with Gasteiger partial charge in [0.25, 0.3) is 0 Å². The van der Waals surface area contributed by atoms with E-state index in [-0.39, 0.29) is 0 Å². The van der Waals surface area contributed by atoms with Crippen molar-refractivity contribution in [3.8, 4) is 5.75 Å². The molecule has 0 aromatic heterocycles. The highest BCUT2D eigenvalue weighted by Gasteiger charge is 1.96. The topological polar surface area (TPSA) is 35.2 Å². The van der Waals surface area contributed by atoms with Crippen LogP contribution in [0.5, 0.6) is 5.75 Å². The molecule has 0 fully saturated rings. The van der Waals surface area contributed by atoms with Gasteiger partial charge in [0.15, 0.2) is 0 Å². The molecule has 0 saturated heterocycles. The molecule has 0 saturated carbocycles. The van der Waals surface area contributed by atoms with E-state index in [0.717, 1.165) is 22.6 Å². The van der Waals surface area contributed by atoms with Gasteiger partial charge in [-0.05, 0) is 23.8 Å². The summed E-state index contributed by atoms with van der Waals surface area (Å²) in [6, 6.07) is 15.7. The smallest absolute Gasteiger partial charge is 0.126 e. The normalized spacial score (nSPS) is 10.6. The van der Waals surface area contributed by atoms with Crippen molar-refractivity contribution < 1.29 is 4.74 Å². The summed E-state index contributed by atoms with van der Waals surface area (Å²) in [5, 5.41) is 0. The zero-order valence-electron chi connectivity index (χ0n) is 9.76. The van der Waals surface area contributed by atoms with Crippen molar-refractivity contribution >= 4 is 17.8 Å². The highest BCUT2D eigenvalue weighted by Crippen LogP contribution is 2.20. The summed E-state index contributed by atoms with van der Waals surface area (Å²) in [6.07, 6.45) is 4.07. The summed E-state index contributed by atoms with van der Waals surface area (Å²) >= 11 is 0. The van der Waals surface area contributed by atoms with Crippen LogP contribution in [0.15, 0.2) is 48.5 Å². The first-order valence-corrected chi connectivity index (χ1v) is 5.46. The summed E-state index contributed by atoms with van der Waals surface area (Å²) in [4.78, 5) is 0. The molecule has 0 atom stereocenters. The molecule has 2 aromatic rings. The summed E-state index contributed by atoms with van der Waals surface area (Å²) in [5.41, 5.74) is 8.59. The summed E-state index contributed by atoms with van der Waals surface area (Å²) in [7, 11) is 1.68. The van der Waals surface area contributed by atoms with E-state index in [9.17, 15) is 0 Å². The number of anilines is 1.